The fourth-order valence-corrected chi connectivity index (χ4v) is 2.70. The van der Waals surface area contributed by atoms with Crippen LogP contribution in [0.2, 0.25) is 0 Å². The number of aromatic amines is 1. The van der Waals surface area contributed by atoms with Gasteiger partial charge in [-0.1, -0.05) is 41.9 Å². The van der Waals surface area contributed by atoms with Gasteiger partial charge in [-0.3, -0.25) is 4.79 Å². The number of aromatic nitrogens is 2. The summed E-state index contributed by atoms with van der Waals surface area (Å²) in [4.78, 5) is 19.5. The molecule has 1 heterocycles. The first-order valence-corrected chi connectivity index (χ1v) is 7.78. The molecule has 0 saturated carbocycles. The Balaban J connectivity index is 2.12. The fraction of sp³-hybridized carbons (Fsp3) is 0.158. The lowest BCUT2D eigenvalue weighted by molar-refractivity contribution is 1.13. The molecule has 0 unspecified atom stereocenters. The summed E-state index contributed by atoms with van der Waals surface area (Å²) in [5, 5.41) is 0.986. The molecule has 116 valence electrons. The molecule has 1 aromatic heterocycles. The van der Waals surface area contributed by atoms with Crippen molar-refractivity contribution in [2.45, 2.75) is 20.8 Å². The Morgan fingerprint density at radius 3 is 2.61 bits per heavy atom. The van der Waals surface area contributed by atoms with Gasteiger partial charge in [-0.2, -0.15) is 0 Å². The number of benzene rings is 2. The molecule has 0 atom stereocenters. The lowest BCUT2D eigenvalue weighted by Crippen LogP contribution is -2.11. The molecule has 0 saturated heterocycles. The molecular formula is C19H17ClN2O. The van der Waals surface area contributed by atoms with Crippen LogP contribution in [0.4, 0.5) is 0 Å². The summed E-state index contributed by atoms with van der Waals surface area (Å²) in [5.74, 6) is 0.386. The Morgan fingerprint density at radius 1 is 1.09 bits per heavy atom. The summed E-state index contributed by atoms with van der Waals surface area (Å²) in [5.41, 5.74) is 4.85. The number of aryl methyl sites for hydroxylation is 3. The van der Waals surface area contributed by atoms with E-state index in [1.165, 1.54) is 11.1 Å². The van der Waals surface area contributed by atoms with Crippen LogP contribution in [0.5, 0.6) is 0 Å². The number of hydrogen-bond acceptors (Lipinski definition) is 2. The van der Waals surface area contributed by atoms with Crippen LogP contribution in [-0.4, -0.2) is 9.97 Å². The number of halogens is 1. The molecule has 3 rings (SSSR count). The molecule has 0 radical (unpaired) electrons. The Bertz CT molecular complexity index is 986. The molecule has 0 spiro atoms. The lowest BCUT2D eigenvalue weighted by atomic mass is 10.1. The number of para-hydroxylation sites is 1. The second-order valence-corrected chi connectivity index (χ2v) is 6.13. The van der Waals surface area contributed by atoms with Crippen LogP contribution in [0.25, 0.3) is 22.0 Å². The third-order valence-electron chi connectivity index (χ3n) is 3.99. The number of rotatable bonds is 2. The van der Waals surface area contributed by atoms with E-state index in [0.717, 1.165) is 11.1 Å². The first kappa shape index (κ1) is 15.5. The van der Waals surface area contributed by atoms with Crippen LogP contribution < -0.4 is 5.56 Å². The van der Waals surface area contributed by atoms with E-state index < -0.39 is 0 Å². The molecule has 23 heavy (non-hydrogen) atoms. The maximum absolute atomic E-state index is 12.2. The minimum absolute atomic E-state index is 0.180. The van der Waals surface area contributed by atoms with Gasteiger partial charge < -0.3 is 4.98 Å². The molecule has 4 heteroatoms. The predicted octanol–water partition coefficient (Wildman–Crippen LogP) is 4.59. The average Bonchev–Trinajstić information content (AvgIpc) is 2.52. The topological polar surface area (TPSA) is 45.8 Å². The van der Waals surface area contributed by atoms with E-state index in [-0.39, 0.29) is 5.56 Å². The quantitative estimate of drug-likeness (QED) is 0.749. The van der Waals surface area contributed by atoms with Gasteiger partial charge in [0.25, 0.3) is 5.56 Å². The summed E-state index contributed by atoms with van der Waals surface area (Å²) < 4.78 is 0. The smallest absolute Gasteiger partial charge is 0.259 e. The minimum atomic E-state index is -0.180. The SMILES string of the molecule is Cc1ccc(/C=C(/Cl)c2nc3c(C)cccc3c(=O)[nH]2)cc1C. The van der Waals surface area contributed by atoms with E-state index >= 15 is 0 Å². The molecule has 0 fully saturated rings. The Labute approximate surface area is 139 Å². The van der Waals surface area contributed by atoms with Crippen molar-refractivity contribution < 1.29 is 0 Å². The predicted molar refractivity (Wildman–Crippen MR) is 96.7 cm³/mol. The average molecular weight is 325 g/mol. The Hall–Kier alpha value is -2.39. The van der Waals surface area contributed by atoms with Crippen molar-refractivity contribution in [3.05, 3.63) is 74.8 Å². The lowest BCUT2D eigenvalue weighted by Gasteiger charge is -2.05. The highest BCUT2D eigenvalue weighted by molar-refractivity contribution is 6.50. The molecule has 2 aromatic carbocycles. The maximum atomic E-state index is 12.2. The van der Waals surface area contributed by atoms with Gasteiger partial charge in [0.05, 0.1) is 15.9 Å². The highest BCUT2D eigenvalue weighted by Gasteiger charge is 2.08. The van der Waals surface area contributed by atoms with Crippen LogP contribution in [0, 0.1) is 20.8 Å². The first-order chi connectivity index (χ1) is 11.0. The van der Waals surface area contributed by atoms with Crippen molar-refractivity contribution in [3.8, 4) is 0 Å². The highest BCUT2D eigenvalue weighted by Crippen LogP contribution is 2.22. The van der Waals surface area contributed by atoms with Crippen LogP contribution >= 0.6 is 11.6 Å². The molecule has 0 aliphatic heterocycles. The zero-order valence-corrected chi connectivity index (χ0v) is 14.0. The molecule has 0 aliphatic rings. The van der Waals surface area contributed by atoms with Gasteiger partial charge in [-0.25, -0.2) is 4.98 Å². The summed E-state index contributed by atoms with van der Waals surface area (Å²) >= 11 is 6.39. The third-order valence-corrected chi connectivity index (χ3v) is 4.28. The largest absolute Gasteiger partial charge is 0.305 e. The molecule has 0 bridgehead atoms. The monoisotopic (exact) mass is 324 g/mol. The second kappa shape index (κ2) is 6.01. The maximum Gasteiger partial charge on any atom is 0.259 e. The van der Waals surface area contributed by atoms with Crippen LogP contribution in [-0.2, 0) is 0 Å². The zero-order chi connectivity index (χ0) is 16.6. The van der Waals surface area contributed by atoms with E-state index in [4.69, 9.17) is 11.6 Å². The summed E-state index contributed by atoms with van der Waals surface area (Å²) in [7, 11) is 0. The number of H-pyrrole nitrogens is 1. The van der Waals surface area contributed by atoms with Gasteiger partial charge in [0.2, 0.25) is 0 Å². The van der Waals surface area contributed by atoms with Gasteiger partial charge in [-0.15, -0.1) is 0 Å². The van der Waals surface area contributed by atoms with Gasteiger partial charge in [0.15, 0.2) is 5.82 Å². The number of nitrogens with zero attached hydrogens (tertiary/aromatic N) is 1. The van der Waals surface area contributed by atoms with E-state index in [1.54, 1.807) is 6.07 Å². The van der Waals surface area contributed by atoms with Crippen LogP contribution in [0.1, 0.15) is 28.1 Å². The summed E-state index contributed by atoms with van der Waals surface area (Å²) in [6, 6.07) is 11.6. The molecule has 3 aromatic rings. The highest BCUT2D eigenvalue weighted by atomic mass is 35.5. The van der Waals surface area contributed by atoms with Crippen molar-refractivity contribution in [1.82, 2.24) is 9.97 Å². The molecule has 0 amide bonds. The molecular weight excluding hydrogens is 308 g/mol. The van der Waals surface area contributed by atoms with Crippen molar-refractivity contribution >= 4 is 33.6 Å². The summed E-state index contributed by atoms with van der Waals surface area (Å²) in [6.45, 7) is 6.05. The van der Waals surface area contributed by atoms with Gasteiger partial charge in [-0.05, 0) is 55.2 Å². The van der Waals surface area contributed by atoms with Crippen molar-refractivity contribution in [2.24, 2.45) is 0 Å². The first-order valence-electron chi connectivity index (χ1n) is 7.40. The van der Waals surface area contributed by atoms with Crippen LogP contribution in [0.3, 0.4) is 0 Å². The fourth-order valence-electron chi connectivity index (χ4n) is 2.49. The number of hydrogen-bond donors (Lipinski definition) is 1. The molecule has 1 N–H and O–H groups in total. The van der Waals surface area contributed by atoms with Crippen LogP contribution in [0.15, 0.2) is 41.2 Å². The minimum Gasteiger partial charge on any atom is -0.305 e. The van der Waals surface area contributed by atoms with E-state index in [0.29, 0.717) is 21.8 Å². The van der Waals surface area contributed by atoms with Gasteiger partial charge in [0.1, 0.15) is 0 Å². The zero-order valence-electron chi connectivity index (χ0n) is 13.3. The van der Waals surface area contributed by atoms with Gasteiger partial charge >= 0.3 is 0 Å². The third kappa shape index (κ3) is 3.06. The van der Waals surface area contributed by atoms with Crippen molar-refractivity contribution in [2.75, 3.05) is 0 Å². The standard InChI is InChI=1S/C19H17ClN2O/c1-11-7-8-14(9-13(11)3)10-16(20)18-21-17-12(2)5-4-6-15(17)19(23)22-18/h4-10H,1-3H3,(H,21,22,23)/b16-10+. The second-order valence-electron chi connectivity index (χ2n) is 5.72. The van der Waals surface area contributed by atoms with Crippen molar-refractivity contribution in [1.29, 1.82) is 0 Å². The molecule has 3 nitrogen and oxygen atoms in total. The summed E-state index contributed by atoms with van der Waals surface area (Å²) in [6.07, 6.45) is 1.82. The van der Waals surface area contributed by atoms with Gasteiger partial charge in [0, 0.05) is 0 Å². The Kier molecular flexibility index (Phi) is 4.05. The van der Waals surface area contributed by atoms with Crippen molar-refractivity contribution in [3.63, 3.8) is 0 Å². The normalized spacial score (nSPS) is 11.9. The molecule has 0 aliphatic carbocycles. The number of fused-ring (bicyclic) bond motifs is 1. The van der Waals surface area contributed by atoms with E-state index in [9.17, 15) is 4.79 Å². The number of nitrogens with one attached hydrogen (secondary N) is 1. The Morgan fingerprint density at radius 2 is 1.87 bits per heavy atom. The van der Waals surface area contributed by atoms with E-state index in [1.807, 2.05) is 37.3 Å². The van der Waals surface area contributed by atoms with E-state index in [2.05, 4.69) is 29.9 Å².